The van der Waals surface area contributed by atoms with Crippen LogP contribution < -0.4 is 10.0 Å². The van der Waals surface area contributed by atoms with Gasteiger partial charge in [-0.25, -0.2) is 8.42 Å². The SMILES string of the molecule is Cc1ccc(NS(=O)(=O)c2ccc(C)c(C(=O)NCc3ccco3)c2)cc1. The highest BCUT2D eigenvalue weighted by Crippen LogP contribution is 2.20. The van der Waals surface area contributed by atoms with Crippen molar-refractivity contribution in [2.24, 2.45) is 0 Å². The number of aryl methyl sites for hydroxylation is 2. The Morgan fingerprint density at radius 3 is 2.44 bits per heavy atom. The Morgan fingerprint density at radius 1 is 1.04 bits per heavy atom. The minimum atomic E-state index is -3.81. The number of amides is 1. The molecule has 0 fully saturated rings. The molecule has 0 aliphatic carbocycles. The highest BCUT2D eigenvalue weighted by molar-refractivity contribution is 7.92. The van der Waals surface area contributed by atoms with Crippen molar-refractivity contribution in [2.45, 2.75) is 25.3 Å². The molecule has 0 saturated carbocycles. The summed E-state index contributed by atoms with van der Waals surface area (Å²) < 4.78 is 33.0. The highest BCUT2D eigenvalue weighted by atomic mass is 32.2. The number of carbonyl (C=O) groups is 1. The molecule has 0 bridgehead atoms. The standard InChI is InChI=1S/C20H20N2O4S/c1-14-5-8-16(9-6-14)22-27(24,25)18-10-7-15(2)19(12-18)20(23)21-13-17-4-3-11-26-17/h3-12,22H,13H2,1-2H3,(H,21,23). The molecule has 0 aliphatic heterocycles. The van der Waals surface area contributed by atoms with Crippen molar-refractivity contribution in [3.05, 3.63) is 83.3 Å². The van der Waals surface area contributed by atoms with Crippen molar-refractivity contribution in [2.75, 3.05) is 4.72 Å². The molecule has 0 saturated heterocycles. The summed E-state index contributed by atoms with van der Waals surface area (Å²) in [7, 11) is -3.81. The molecular formula is C20H20N2O4S. The molecule has 1 amide bonds. The van der Waals surface area contributed by atoms with E-state index in [1.165, 1.54) is 18.4 Å². The lowest BCUT2D eigenvalue weighted by molar-refractivity contribution is 0.0947. The Hall–Kier alpha value is -3.06. The van der Waals surface area contributed by atoms with Gasteiger partial charge in [-0.15, -0.1) is 0 Å². The van der Waals surface area contributed by atoms with Crippen LogP contribution in [-0.2, 0) is 16.6 Å². The summed E-state index contributed by atoms with van der Waals surface area (Å²) in [4.78, 5) is 12.5. The zero-order chi connectivity index (χ0) is 19.4. The van der Waals surface area contributed by atoms with Crippen LogP contribution in [0.3, 0.4) is 0 Å². The second-order valence-electron chi connectivity index (χ2n) is 6.21. The first-order valence-corrected chi connectivity index (χ1v) is 9.84. The van der Waals surface area contributed by atoms with Crippen LogP contribution in [0.1, 0.15) is 27.2 Å². The number of nitrogens with one attached hydrogen (secondary N) is 2. The fourth-order valence-corrected chi connectivity index (χ4v) is 3.61. The third kappa shape index (κ3) is 4.57. The van der Waals surface area contributed by atoms with Crippen molar-refractivity contribution in [1.82, 2.24) is 5.32 Å². The summed E-state index contributed by atoms with van der Waals surface area (Å²) in [5.74, 6) is 0.252. The molecule has 27 heavy (non-hydrogen) atoms. The predicted molar refractivity (Wildman–Crippen MR) is 103 cm³/mol. The van der Waals surface area contributed by atoms with E-state index in [2.05, 4.69) is 10.0 Å². The lowest BCUT2D eigenvalue weighted by Gasteiger charge is -2.12. The normalized spacial score (nSPS) is 11.2. The second-order valence-corrected chi connectivity index (χ2v) is 7.89. The fourth-order valence-electron chi connectivity index (χ4n) is 2.52. The molecule has 7 heteroatoms. The van der Waals surface area contributed by atoms with Crippen LogP contribution in [-0.4, -0.2) is 14.3 Å². The van der Waals surface area contributed by atoms with Crippen LogP contribution in [0.25, 0.3) is 0 Å². The lowest BCUT2D eigenvalue weighted by atomic mass is 10.1. The van der Waals surface area contributed by atoms with Gasteiger partial charge in [0.05, 0.1) is 17.7 Å². The topological polar surface area (TPSA) is 88.4 Å². The molecule has 1 heterocycles. The summed E-state index contributed by atoms with van der Waals surface area (Å²) in [6.45, 7) is 3.90. The molecular weight excluding hydrogens is 364 g/mol. The van der Waals surface area contributed by atoms with E-state index < -0.39 is 10.0 Å². The summed E-state index contributed by atoms with van der Waals surface area (Å²) in [5.41, 5.74) is 2.48. The number of furan rings is 1. The van der Waals surface area contributed by atoms with E-state index in [-0.39, 0.29) is 17.3 Å². The number of hydrogen-bond acceptors (Lipinski definition) is 4. The first-order chi connectivity index (χ1) is 12.8. The van der Waals surface area contributed by atoms with E-state index in [1.54, 1.807) is 37.3 Å². The van der Waals surface area contributed by atoms with Crippen LogP contribution >= 0.6 is 0 Å². The average Bonchev–Trinajstić information content (AvgIpc) is 3.15. The van der Waals surface area contributed by atoms with E-state index in [1.807, 2.05) is 19.1 Å². The van der Waals surface area contributed by atoms with E-state index in [0.29, 0.717) is 22.6 Å². The largest absolute Gasteiger partial charge is 0.467 e. The maximum absolute atomic E-state index is 12.7. The van der Waals surface area contributed by atoms with Gasteiger partial charge in [-0.3, -0.25) is 9.52 Å². The zero-order valence-corrected chi connectivity index (χ0v) is 15.8. The number of anilines is 1. The minimum Gasteiger partial charge on any atom is -0.467 e. The third-order valence-electron chi connectivity index (χ3n) is 4.07. The molecule has 2 aromatic carbocycles. The number of carbonyl (C=O) groups excluding carboxylic acids is 1. The molecule has 2 N–H and O–H groups in total. The lowest BCUT2D eigenvalue weighted by Crippen LogP contribution is -2.24. The Morgan fingerprint density at radius 2 is 1.78 bits per heavy atom. The highest BCUT2D eigenvalue weighted by Gasteiger charge is 2.18. The quantitative estimate of drug-likeness (QED) is 0.679. The number of rotatable bonds is 6. The van der Waals surface area contributed by atoms with Gasteiger partial charge >= 0.3 is 0 Å². The number of benzene rings is 2. The van der Waals surface area contributed by atoms with Gasteiger partial charge in [0.25, 0.3) is 15.9 Å². The molecule has 3 rings (SSSR count). The first-order valence-electron chi connectivity index (χ1n) is 8.36. The number of hydrogen-bond donors (Lipinski definition) is 2. The fraction of sp³-hybridized carbons (Fsp3) is 0.150. The molecule has 3 aromatic rings. The molecule has 6 nitrogen and oxygen atoms in total. The molecule has 0 aliphatic rings. The van der Waals surface area contributed by atoms with Gasteiger partial charge in [-0.2, -0.15) is 0 Å². The van der Waals surface area contributed by atoms with E-state index >= 15 is 0 Å². The average molecular weight is 384 g/mol. The Kier molecular flexibility index (Phi) is 5.32. The smallest absolute Gasteiger partial charge is 0.261 e. The maximum atomic E-state index is 12.7. The van der Waals surface area contributed by atoms with Crippen molar-refractivity contribution in [1.29, 1.82) is 0 Å². The second kappa shape index (κ2) is 7.67. The van der Waals surface area contributed by atoms with Gasteiger partial charge in [0.2, 0.25) is 0 Å². The van der Waals surface area contributed by atoms with Gasteiger partial charge in [0.1, 0.15) is 5.76 Å². The van der Waals surface area contributed by atoms with E-state index in [0.717, 1.165) is 5.56 Å². The first kappa shape index (κ1) is 18.7. The van der Waals surface area contributed by atoms with Crippen LogP contribution in [0.5, 0.6) is 0 Å². The number of sulfonamides is 1. The van der Waals surface area contributed by atoms with Crippen LogP contribution in [0, 0.1) is 13.8 Å². The van der Waals surface area contributed by atoms with Gasteiger partial charge in [-0.05, 0) is 55.8 Å². The summed E-state index contributed by atoms with van der Waals surface area (Å²) >= 11 is 0. The summed E-state index contributed by atoms with van der Waals surface area (Å²) in [6, 6.07) is 15.0. The molecule has 140 valence electrons. The van der Waals surface area contributed by atoms with Gasteiger partial charge in [-0.1, -0.05) is 23.8 Å². The molecule has 0 atom stereocenters. The van der Waals surface area contributed by atoms with Crippen molar-refractivity contribution in [3.8, 4) is 0 Å². The maximum Gasteiger partial charge on any atom is 0.261 e. The molecule has 0 radical (unpaired) electrons. The molecule has 1 aromatic heterocycles. The van der Waals surface area contributed by atoms with Crippen molar-refractivity contribution >= 4 is 21.6 Å². The Labute approximate surface area is 158 Å². The molecule has 0 unspecified atom stereocenters. The Bertz CT molecular complexity index is 1040. The summed E-state index contributed by atoms with van der Waals surface area (Å²) in [6.07, 6.45) is 1.52. The van der Waals surface area contributed by atoms with E-state index in [9.17, 15) is 13.2 Å². The van der Waals surface area contributed by atoms with Crippen LogP contribution in [0.15, 0.2) is 70.2 Å². The zero-order valence-electron chi connectivity index (χ0n) is 15.0. The predicted octanol–water partition coefficient (Wildman–Crippen LogP) is 3.63. The van der Waals surface area contributed by atoms with Gasteiger partial charge in [0.15, 0.2) is 0 Å². The van der Waals surface area contributed by atoms with Crippen molar-refractivity contribution in [3.63, 3.8) is 0 Å². The van der Waals surface area contributed by atoms with Gasteiger partial charge in [0, 0.05) is 11.3 Å². The molecule has 0 spiro atoms. The van der Waals surface area contributed by atoms with Crippen LogP contribution in [0.4, 0.5) is 5.69 Å². The minimum absolute atomic E-state index is 0.0248. The third-order valence-corrected chi connectivity index (χ3v) is 5.45. The van der Waals surface area contributed by atoms with Crippen molar-refractivity contribution < 1.29 is 17.6 Å². The van der Waals surface area contributed by atoms with E-state index in [4.69, 9.17) is 4.42 Å². The Balaban J connectivity index is 1.80. The monoisotopic (exact) mass is 384 g/mol. The van der Waals surface area contributed by atoms with Gasteiger partial charge < -0.3 is 9.73 Å². The van der Waals surface area contributed by atoms with Crippen LogP contribution in [0.2, 0.25) is 0 Å². The summed E-state index contributed by atoms with van der Waals surface area (Å²) in [5, 5.41) is 2.73.